The second kappa shape index (κ2) is 9.65. The van der Waals surface area contributed by atoms with Gasteiger partial charge in [0.1, 0.15) is 17.0 Å². The van der Waals surface area contributed by atoms with Crippen LogP contribution >= 0.6 is 0 Å². The number of hydrogen-bond donors (Lipinski definition) is 3. The van der Waals surface area contributed by atoms with E-state index in [0.29, 0.717) is 22.6 Å². The van der Waals surface area contributed by atoms with Gasteiger partial charge in [-0.15, -0.1) is 0 Å². The summed E-state index contributed by atoms with van der Waals surface area (Å²) in [4.78, 5) is 30.2. The molecule has 1 saturated heterocycles. The van der Waals surface area contributed by atoms with Crippen molar-refractivity contribution in [3.05, 3.63) is 83.9 Å². The highest BCUT2D eigenvalue weighted by Crippen LogP contribution is 2.27. The van der Waals surface area contributed by atoms with Crippen LogP contribution in [0.3, 0.4) is 0 Å². The zero-order chi connectivity index (χ0) is 25.4. The minimum Gasteiger partial charge on any atom is -0.506 e. The Labute approximate surface area is 214 Å². The number of aromatic hydroxyl groups is 1. The largest absolute Gasteiger partial charge is 0.506 e. The fourth-order valence-electron chi connectivity index (χ4n) is 4.70. The van der Waals surface area contributed by atoms with E-state index in [-0.39, 0.29) is 11.7 Å². The number of aromatic nitrogens is 3. The number of rotatable bonds is 5. The number of amides is 1. The van der Waals surface area contributed by atoms with Crippen LogP contribution in [-0.4, -0.2) is 69.0 Å². The standard InChI is InChI=1S/C29H28N6O2/c1-34-13-15-35(16-14-34)18-19-5-9-22(10-6-19)30-29(37)21-8-11-23-25(17-21)33-28(32-23)24-12-7-20-3-2-4-26(36)27(20)31-24/h2-12,17,36H,13-16,18H2,1H3,(H,30,37)(H,32,33). The molecule has 0 atom stereocenters. The third-order valence-electron chi connectivity index (χ3n) is 6.90. The average Bonchev–Trinajstić information content (AvgIpc) is 3.35. The summed E-state index contributed by atoms with van der Waals surface area (Å²) in [6.07, 6.45) is 0. The molecule has 186 valence electrons. The molecular formula is C29H28N6O2. The number of benzene rings is 3. The fourth-order valence-corrected chi connectivity index (χ4v) is 4.70. The van der Waals surface area contributed by atoms with Crippen molar-refractivity contribution < 1.29 is 9.90 Å². The SMILES string of the molecule is CN1CCN(Cc2ccc(NC(=O)c3ccc4nc(-c5ccc6cccc(O)c6n5)[nH]c4c3)cc2)CC1. The van der Waals surface area contributed by atoms with Crippen LogP contribution in [0.25, 0.3) is 33.5 Å². The van der Waals surface area contributed by atoms with Crippen molar-refractivity contribution in [2.45, 2.75) is 6.54 Å². The van der Waals surface area contributed by atoms with Gasteiger partial charge in [0.2, 0.25) is 0 Å². The Morgan fingerprint density at radius 1 is 0.973 bits per heavy atom. The van der Waals surface area contributed by atoms with Crippen LogP contribution in [0.15, 0.2) is 72.8 Å². The van der Waals surface area contributed by atoms with Gasteiger partial charge in [-0.2, -0.15) is 0 Å². The number of aromatic amines is 1. The van der Waals surface area contributed by atoms with Crippen molar-refractivity contribution in [2.24, 2.45) is 0 Å². The predicted molar refractivity (Wildman–Crippen MR) is 146 cm³/mol. The molecule has 0 aliphatic carbocycles. The van der Waals surface area contributed by atoms with E-state index in [4.69, 9.17) is 0 Å². The molecule has 0 unspecified atom stereocenters. The molecule has 1 amide bonds. The number of H-pyrrole nitrogens is 1. The number of carbonyl (C=O) groups excluding carboxylic acids is 1. The van der Waals surface area contributed by atoms with E-state index in [0.717, 1.165) is 54.8 Å². The highest BCUT2D eigenvalue weighted by Gasteiger charge is 2.15. The highest BCUT2D eigenvalue weighted by atomic mass is 16.3. The summed E-state index contributed by atoms with van der Waals surface area (Å²) < 4.78 is 0. The summed E-state index contributed by atoms with van der Waals surface area (Å²) in [5, 5.41) is 14.0. The Morgan fingerprint density at radius 2 is 1.78 bits per heavy atom. The van der Waals surface area contributed by atoms with Crippen LogP contribution in [0.1, 0.15) is 15.9 Å². The molecule has 0 saturated carbocycles. The Hall–Kier alpha value is -4.27. The summed E-state index contributed by atoms with van der Waals surface area (Å²) in [6, 6.07) is 22.5. The second-order valence-corrected chi connectivity index (χ2v) is 9.59. The van der Waals surface area contributed by atoms with E-state index >= 15 is 0 Å². The van der Waals surface area contributed by atoms with Crippen molar-refractivity contribution in [3.63, 3.8) is 0 Å². The van der Waals surface area contributed by atoms with Gasteiger partial charge >= 0.3 is 0 Å². The number of para-hydroxylation sites is 1. The van der Waals surface area contributed by atoms with Gasteiger partial charge in [0.05, 0.1) is 11.0 Å². The third-order valence-corrected chi connectivity index (χ3v) is 6.90. The lowest BCUT2D eigenvalue weighted by Gasteiger charge is -2.32. The number of pyridine rings is 1. The van der Waals surface area contributed by atoms with Crippen molar-refractivity contribution in [1.29, 1.82) is 0 Å². The zero-order valence-corrected chi connectivity index (χ0v) is 20.6. The molecule has 1 fully saturated rings. The molecule has 6 rings (SSSR count). The van der Waals surface area contributed by atoms with E-state index in [2.05, 4.69) is 49.2 Å². The first-order valence-electron chi connectivity index (χ1n) is 12.4. The number of likely N-dealkylation sites (N-methyl/N-ethyl adjacent to an activating group) is 1. The van der Waals surface area contributed by atoms with Gasteiger partial charge in [-0.05, 0) is 55.1 Å². The van der Waals surface area contributed by atoms with Crippen molar-refractivity contribution in [2.75, 3.05) is 38.5 Å². The molecule has 5 aromatic rings. The topological polar surface area (TPSA) is 97.4 Å². The van der Waals surface area contributed by atoms with Gasteiger partial charge in [0.25, 0.3) is 5.91 Å². The van der Waals surface area contributed by atoms with Crippen LogP contribution in [-0.2, 0) is 6.54 Å². The minimum atomic E-state index is -0.182. The first-order valence-corrected chi connectivity index (χ1v) is 12.4. The lowest BCUT2D eigenvalue weighted by atomic mass is 10.1. The van der Waals surface area contributed by atoms with Crippen LogP contribution in [0.2, 0.25) is 0 Å². The second-order valence-electron chi connectivity index (χ2n) is 9.59. The number of fused-ring (bicyclic) bond motifs is 2. The third kappa shape index (κ3) is 4.89. The molecule has 37 heavy (non-hydrogen) atoms. The van der Waals surface area contributed by atoms with Gasteiger partial charge in [-0.25, -0.2) is 9.97 Å². The van der Waals surface area contributed by atoms with E-state index in [1.54, 1.807) is 24.3 Å². The summed E-state index contributed by atoms with van der Waals surface area (Å²) >= 11 is 0. The molecule has 2 aromatic heterocycles. The maximum Gasteiger partial charge on any atom is 0.255 e. The van der Waals surface area contributed by atoms with E-state index in [1.807, 2.05) is 36.4 Å². The number of anilines is 1. The number of phenolic OH excluding ortho intramolecular Hbond substituents is 1. The van der Waals surface area contributed by atoms with Gasteiger partial charge in [-0.1, -0.05) is 30.3 Å². The quantitative estimate of drug-likeness (QED) is 0.335. The number of phenols is 1. The first kappa shape index (κ1) is 23.1. The van der Waals surface area contributed by atoms with Gasteiger partial charge < -0.3 is 20.3 Å². The van der Waals surface area contributed by atoms with E-state index in [1.165, 1.54) is 5.56 Å². The van der Waals surface area contributed by atoms with Gasteiger partial charge in [-0.3, -0.25) is 9.69 Å². The zero-order valence-electron chi connectivity index (χ0n) is 20.6. The summed E-state index contributed by atoms with van der Waals surface area (Å²) in [5.41, 5.74) is 5.15. The number of carbonyl (C=O) groups is 1. The molecule has 3 heterocycles. The lowest BCUT2D eigenvalue weighted by molar-refractivity contribution is 0.102. The minimum absolute atomic E-state index is 0.127. The fraction of sp³-hybridized carbons (Fsp3) is 0.207. The summed E-state index contributed by atoms with van der Waals surface area (Å²) in [5.74, 6) is 0.522. The van der Waals surface area contributed by atoms with E-state index in [9.17, 15) is 9.90 Å². The summed E-state index contributed by atoms with van der Waals surface area (Å²) in [7, 11) is 2.16. The molecule has 1 aliphatic rings. The molecule has 8 heteroatoms. The van der Waals surface area contributed by atoms with Crippen LogP contribution in [0.5, 0.6) is 5.75 Å². The van der Waals surface area contributed by atoms with Crippen LogP contribution in [0.4, 0.5) is 5.69 Å². The molecule has 3 N–H and O–H groups in total. The van der Waals surface area contributed by atoms with Crippen LogP contribution < -0.4 is 5.32 Å². The van der Waals surface area contributed by atoms with E-state index < -0.39 is 0 Å². The first-order chi connectivity index (χ1) is 18.0. The normalized spacial score (nSPS) is 14.8. The molecule has 0 bridgehead atoms. The summed E-state index contributed by atoms with van der Waals surface area (Å²) in [6.45, 7) is 5.27. The smallest absolute Gasteiger partial charge is 0.255 e. The van der Waals surface area contributed by atoms with Crippen molar-refractivity contribution >= 4 is 33.5 Å². The number of nitrogens with one attached hydrogen (secondary N) is 2. The van der Waals surface area contributed by atoms with Crippen molar-refractivity contribution in [3.8, 4) is 17.3 Å². The predicted octanol–water partition coefficient (Wildman–Crippen LogP) is 4.48. The molecule has 8 nitrogen and oxygen atoms in total. The molecule has 0 radical (unpaired) electrons. The molecular weight excluding hydrogens is 464 g/mol. The Bertz CT molecular complexity index is 1590. The lowest BCUT2D eigenvalue weighted by Crippen LogP contribution is -2.43. The maximum absolute atomic E-state index is 13.0. The van der Waals surface area contributed by atoms with Gasteiger partial charge in [0.15, 0.2) is 5.82 Å². The monoisotopic (exact) mass is 492 g/mol. The number of imidazole rings is 1. The van der Waals surface area contributed by atoms with Crippen LogP contribution in [0, 0.1) is 0 Å². The highest BCUT2D eigenvalue weighted by molar-refractivity contribution is 6.06. The molecule has 0 spiro atoms. The number of hydrogen-bond acceptors (Lipinski definition) is 6. The van der Waals surface area contributed by atoms with Gasteiger partial charge in [0, 0.05) is 49.4 Å². The average molecular weight is 493 g/mol. The number of nitrogens with zero attached hydrogens (tertiary/aromatic N) is 4. The Balaban J connectivity index is 1.16. The Kier molecular flexibility index (Phi) is 6.04. The van der Waals surface area contributed by atoms with Crippen molar-refractivity contribution in [1.82, 2.24) is 24.8 Å². The number of piperazine rings is 1. The Morgan fingerprint density at radius 3 is 2.59 bits per heavy atom. The maximum atomic E-state index is 13.0. The molecule has 3 aromatic carbocycles. The molecule has 1 aliphatic heterocycles.